The first-order chi connectivity index (χ1) is 20.1. The number of carbonyl (C=O) groups is 1. The molecule has 234 valence electrons. The van der Waals surface area contributed by atoms with Gasteiger partial charge in [0.1, 0.15) is 23.4 Å². The highest BCUT2D eigenvalue weighted by Gasteiger charge is 2.34. The number of likely N-dealkylation sites (N-methyl/N-ethyl adjacent to an activating group) is 1. The monoisotopic (exact) mass is 638 g/mol. The Labute approximate surface area is 250 Å². The molecular formula is C28H35FN4O8S2. The molecule has 12 nitrogen and oxygen atoms in total. The number of hydrogen-bond acceptors (Lipinski definition) is 9. The minimum absolute atomic E-state index is 0.0894. The summed E-state index contributed by atoms with van der Waals surface area (Å²) in [5.74, 6) is -0.889. The van der Waals surface area contributed by atoms with Crippen molar-refractivity contribution in [2.75, 3.05) is 31.5 Å². The fourth-order valence-electron chi connectivity index (χ4n) is 4.91. The van der Waals surface area contributed by atoms with Gasteiger partial charge in [0.15, 0.2) is 10.7 Å². The van der Waals surface area contributed by atoms with E-state index in [9.17, 15) is 31.1 Å². The lowest BCUT2D eigenvalue weighted by Crippen LogP contribution is -2.48. The van der Waals surface area contributed by atoms with Crippen molar-refractivity contribution in [1.29, 1.82) is 0 Å². The van der Waals surface area contributed by atoms with Crippen molar-refractivity contribution in [2.24, 2.45) is 5.92 Å². The lowest BCUT2D eigenvalue weighted by Gasteiger charge is -2.33. The van der Waals surface area contributed by atoms with Crippen LogP contribution in [0.1, 0.15) is 30.9 Å². The number of benzene rings is 2. The van der Waals surface area contributed by atoms with E-state index in [4.69, 9.17) is 9.26 Å². The van der Waals surface area contributed by atoms with E-state index in [-0.39, 0.29) is 64.7 Å². The van der Waals surface area contributed by atoms with Crippen molar-refractivity contribution in [1.82, 2.24) is 14.4 Å². The summed E-state index contributed by atoms with van der Waals surface area (Å²) < 4.78 is 81.1. The largest absolute Gasteiger partial charge is 0.488 e. The minimum Gasteiger partial charge on any atom is -0.488 e. The highest BCUT2D eigenvalue weighted by molar-refractivity contribution is 7.92. The van der Waals surface area contributed by atoms with Gasteiger partial charge >= 0.3 is 0 Å². The second-order valence-corrected chi connectivity index (χ2v) is 14.4. The number of aliphatic hydroxyl groups is 1. The van der Waals surface area contributed by atoms with Gasteiger partial charge in [-0.15, -0.1) is 0 Å². The predicted molar refractivity (Wildman–Crippen MR) is 155 cm³/mol. The SMILES string of the molecule is Cc1noc(C)c1S(=O)(=O)Nc1ccc2c(c1)CC(=O)N([C@H](C)CO)C[C@@H](C)[C@@H](CN(C)S(=O)(=O)c1ccc(F)cc1)O2. The molecule has 0 unspecified atom stereocenters. The zero-order valence-corrected chi connectivity index (χ0v) is 26.1. The fraction of sp³-hybridized carbons (Fsp3) is 0.429. The lowest BCUT2D eigenvalue weighted by molar-refractivity contribution is -0.134. The smallest absolute Gasteiger partial charge is 0.267 e. The Morgan fingerprint density at radius 3 is 2.44 bits per heavy atom. The fourth-order valence-corrected chi connectivity index (χ4v) is 7.48. The minimum atomic E-state index is -4.08. The molecule has 1 aliphatic heterocycles. The number of sulfonamides is 2. The molecule has 0 spiro atoms. The standard InChI is InChI=1S/C28H35FN4O8S2/c1-17-14-33(18(2)16-34)27(35)13-21-12-23(31-42(36,37)28-19(3)30-41-20(28)4)8-11-25(21)40-26(17)15-32(5)43(38,39)24-9-6-22(29)7-10-24/h6-12,17-18,26,31,34H,13-16H2,1-5H3/t17-,18-,26-/m1/s1. The highest BCUT2D eigenvalue weighted by Crippen LogP contribution is 2.31. The highest BCUT2D eigenvalue weighted by atomic mass is 32.2. The van der Waals surface area contributed by atoms with Gasteiger partial charge in [-0.05, 0) is 63.2 Å². The molecule has 3 atom stereocenters. The third kappa shape index (κ3) is 7.00. The maximum atomic E-state index is 13.5. The van der Waals surface area contributed by atoms with Gasteiger partial charge in [-0.2, -0.15) is 4.31 Å². The van der Waals surface area contributed by atoms with Crippen molar-refractivity contribution in [3.8, 4) is 5.75 Å². The summed E-state index contributed by atoms with van der Waals surface area (Å²) in [4.78, 5) is 14.8. The molecule has 2 aromatic carbocycles. The number of carbonyl (C=O) groups excluding carboxylic acids is 1. The number of hydrogen-bond donors (Lipinski definition) is 2. The maximum absolute atomic E-state index is 13.5. The lowest BCUT2D eigenvalue weighted by atomic mass is 10.0. The van der Waals surface area contributed by atoms with Crippen molar-refractivity contribution < 1.29 is 40.4 Å². The van der Waals surface area contributed by atoms with E-state index in [2.05, 4.69) is 9.88 Å². The van der Waals surface area contributed by atoms with Crippen LogP contribution in [-0.4, -0.2) is 81.1 Å². The zero-order chi connectivity index (χ0) is 31.7. The Balaban J connectivity index is 1.69. The van der Waals surface area contributed by atoms with Gasteiger partial charge in [-0.1, -0.05) is 12.1 Å². The van der Waals surface area contributed by atoms with Crippen molar-refractivity contribution in [3.63, 3.8) is 0 Å². The second kappa shape index (κ2) is 12.6. The summed E-state index contributed by atoms with van der Waals surface area (Å²) in [5.41, 5.74) is 0.718. The van der Waals surface area contributed by atoms with Crippen LogP contribution in [0.4, 0.5) is 10.1 Å². The molecule has 0 radical (unpaired) electrons. The summed E-state index contributed by atoms with van der Waals surface area (Å²) in [6.07, 6.45) is -0.924. The molecule has 0 fully saturated rings. The number of aromatic nitrogens is 1. The van der Waals surface area contributed by atoms with Crippen molar-refractivity contribution >= 4 is 31.6 Å². The van der Waals surface area contributed by atoms with Crippen molar-refractivity contribution in [3.05, 3.63) is 65.3 Å². The molecule has 4 rings (SSSR count). The van der Waals surface area contributed by atoms with Gasteiger partial charge < -0.3 is 19.3 Å². The average molecular weight is 639 g/mol. The zero-order valence-electron chi connectivity index (χ0n) is 24.4. The van der Waals surface area contributed by atoms with Crippen LogP contribution in [0.3, 0.4) is 0 Å². The summed E-state index contributed by atoms with van der Waals surface area (Å²) in [6.45, 7) is 6.24. The van der Waals surface area contributed by atoms with Gasteiger partial charge in [0.05, 0.1) is 30.5 Å². The number of anilines is 1. The first-order valence-electron chi connectivity index (χ1n) is 13.5. The van der Waals surface area contributed by atoms with Crippen LogP contribution in [0.15, 0.2) is 56.8 Å². The number of nitrogens with one attached hydrogen (secondary N) is 1. The number of ether oxygens (including phenoxy) is 1. The summed E-state index contributed by atoms with van der Waals surface area (Å²) in [6, 6.07) is 8.42. The Morgan fingerprint density at radius 1 is 1.16 bits per heavy atom. The summed E-state index contributed by atoms with van der Waals surface area (Å²) in [5, 5.41) is 13.6. The second-order valence-electron chi connectivity index (χ2n) is 10.7. The van der Waals surface area contributed by atoms with E-state index in [1.54, 1.807) is 6.92 Å². The van der Waals surface area contributed by atoms with Gasteiger partial charge in [0, 0.05) is 30.8 Å². The Morgan fingerprint density at radius 2 is 1.84 bits per heavy atom. The number of aryl methyl sites for hydroxylation is 2. The van der Waals surface area contributed by atoms with Crippen LogP contribution in [0.25, 0.3) is 0 Å². The van der Waals surface area contributed by atoms with E-state index < -0.39 is 43.9 Å². The number of aliphatic hydroxyl groups excluding tert-OH is 1. The normalized spacial score (nSPS) is 18.8. The van der Waals surface area contributed by atoms with E-state index in [0.29, 0.717) is 5.56 Å². The maximum Gasteiger partial charge on any atom is 0.267 e. The molecule has 0 saturated carbocycles. The summed E-state index contributed by atoms with van der Waals surface area (Å²) >= 11 is 0. The molecule has 1 aromatic heterocycles. The first-order valence-corrected chi connectivity index (χ1v) is 16.4. The molecule has 3 aromatic rings. The molecule has 0 saturated heterocycles. The topological polar surface area (TPSA) is 159 Å². The number of amides is 1. The first kappa shape index (κ1) is 32.4. The van der Waals surface area contributed by atoms with Crippen molar-refractivity contribution in [2.45, 2.75) is 56.1 Å². The Hall–Kier alpha value is -3.53. The van der Waals surface area contributed by atoms with Gasteiger partial charge in [-0.3, -0.25) is 9.52 Å². The van der Waals surface area contributed by atoms with Crippen LogP contribution in [0, 0.1) is 25.6 Å². The predicted octanol–water partition coefficient (Wildman–Crippen LogP) is 2.70. The summed E-state index contributed by atoms with van der Waals surface area (Å²) in [7, 11) is -6.70. The molecule has 15 heteroatoms. The van der Waals surface area contributed by atoms with E-state index >= 15 is 0 Å². The molecule has 43 heavy (non-hydrogen) atoms. The van der Waals surface area contributed by atoms with Crippen LogP contribution < -0.4 is 9.46 Å². The van der Waals surface area contributed by atoms with Crippen LogP contribution >= 0.6 is 0 Å². The van der Waals surface area contributed by atoms with Crippen LogP contribution in [0.2, 0.25) is 0 Å². The van der Waals surface area contributed by atoms with Crippen LogP contribution in [-0.2, 0) is 31.3 Å². The molecule has 2 heterocycles. The van der Waals surface area contributed by atoms with Gasteiger partial charge in [-0.25, -0.2) is 21.2 Å². The molecule has 0 aliphatic carbocycles. The molecular weight excluding hydrogens is 603 g/mol. The number of fused-ring (bicyclic) bond motifs is 1. The van der Waals surface area contributed by atoms with Gasteiger partial charge in [0.25, 0.3) is 10.0 Å². The average Bonchev–Trinajstić information content (AvgIpc) is 3.31. The Kier molecular flexibility index (Phi) is 9.49. The number of rotatable bonds is 9. The number of halogens is 1. The van der Waals surface area contributed by atoms with Gasteiger partial charge in [0.2, 0.25) is 15.9 Å². The van der Waals surface area contributed by atoms with E-state index in [0.717, 1.165) is 16.4 Å². The van der Waals surface area contributed by atoms with E-state index in [1.165, 1.54) is 56.1 Å². The quantitative estimate of drug-likeness (QED) is 0.359. The van der Waals surface area contributed by atoms with E-state index in [1.807, 2.05) is 6.92 Å². The Bertz CT molecular complexity index is 1670. The molecule has 0 bridgehead atoms. The molecule has 1 amide bonds. The third-order valence-corrected chi connectivity index (χ3v) is 10.8. The third-order valence-electron chi connectivity index (χ3n) is 7.36. The number of nitrogens with zero attached hydrogens (tertiary/aromatic N) is 3. The van der Waals surface area contributed by atoms with Crippen LogP contribution in [0.5, 0.6) is 5.75 Å². The molecule has 1 aliphatic rings. The molecule has 2 N–H and O–H groups in total.